The zero-order valence-corrected chi connectivity index (χ0v) is 9.86. The second-order valence-electron chi connectivity index (χ2n) is 3.09. The highest BCUT2D eigenvalue weighted by atomic mass is 79.9. The van der Waals surface area contributed by atoms with Crippen LogP contribution in [-0.2, 0) is 4.74 Å². The molecule has 3 atom stereocenters. The number of hydrogen-bond acceptors (Lipinski definition) is 3. The zero-order valence-electron chi connectivity index (χ0n) is 8.27. The Morgan fingerprint density at radius 1 is 1.79 bits per heavy atom. The molecular weight excluding hydrogens is 244 g/mol. The van der Waals surface area contributed by atoms with Gasteiger partial charge in [-0.3, -0.25) is 4.99 Å². The van der Waals surface area contributed by atoms with E-state index in [0.29, 0.717) is 6.61 Å². The Morgan fingerprint density at radius 3 is 3.00 bits per heavy atom. The van der Waals surface area contributed by atoms with Gasteiger partial charge >= 0.3 is 0 Å². The summed E-state index contributed by atoms with van der Waals surface area (Å²) < 4.78 is 5.67. The number of nitrogens with zero attached hydrogens (tertiary/aromatic N) is 2. The van der Waals surface area contributed by atoms with E-state index in [1.807, 2.05) is 26.0 Å². The lowest BCUT2D eigenvalue weighted by atomic mass is 9.90. The van der Waals surface area contributed by atoms with Gasteiger partial charge in [0, 0.05) is 17.6 Å². The maximum atomic E-state index is 9.00. The first kappa shape index (κ1) is 11.4. The molecule has 0 aromatic rings. The topological polar surface area (TPSA) is 45.4 Å². The highest BCUT2D eigenvalue weighted by Gasteiger charge is 2.42. The minimum Gasteiger partial charge on any atom is -0.367 e. The number of aliphatic imine (C=N–C) groups is 1. The van der Waals surface area contributed by atoms with Crippen LogP contribution >= 0.6 is 15.9 Å². The van der Waals surface area contributed by atoms with Crippen LogP contribution in [0, 0.1) is 11.3 Å². The van der Waals surface area contributed by atoms with E-state index in [-0.39, 0.29) is 4.83 Å². The number of hydrogen-bond donors (Lipinski definition) is 0. The minimum absolute atomic E-state index is 0.0494. The second-order valence-corrected chi connectivity index (χ2v) is 4.46. The number of allylic oxidation sites excluding steroid dienone is 1. The molecule has 4 heteroatoms. The molecule has 1 rings (SSSR count). The normalized spacial score (nSPS) is 32.6. The fourth-order valence-electron chi connectivity index (χ4n) is 1.51. The summed E-state index contributed by atoms with van der Waals surface area (Å²) in [6, 6.07) is 1.69. The molecule has 0 aliphatic carbocycles. The van der Waals surface area contributed by atoms with Crippen molar-refractivity contribution in [1.82, 2.24) is 0 Å². The third kappa shape index (κ3) is 1.89. The van der Waals surface area contributed by atoms with Gasteiger partial charge in [-0.05, 0) is 26.0 Å². The van der Waals surface area contributed by atoms with Crippen molar-refractivity contribution in [2.45, 2.75) is 30.3 Å². The van der Waals surface area contributed by atoms with Gasteiger partial charge in [0.25, 0.3) is 0 Å². The summed E-state index contributed by atoms with van der Waals surface area (Å²) in [5.74, 6) is 0. The number of halogens is 1. The van der Waals surface area contributed by atoms with E-state index < -0.39 is 11.6 Å². The van der Waals surface area contributed by atoms with Crippen LogP contribution in [0.4, 0.5) is 0 Å². The Bertz CT molecular complexity index is 293. The Kier molecular flexibility index (Phi) is 3.85. The van der Waals surface area contributed by atoms with Gasteiger partial charge in [0.2, 0.25) is 0 Å². The molecule has 0 aromatic carbocycles. The highest BCUT2D eigenvalue weighted by Crippen LogP contribution is 2.31. The number of rotatable bonds is 3. The standard InChI is InChI=1S/C10H13BrN2O/c1-3-14-10(8(2)11)5-4-6-13-9(10)7-12/h4-6,8-9H,3H2,1-2H3. The first-order chi connectivity index (χ1) is 6.67. The molecule has 14 heavy (non-hydrogen) atoms. The zero-order chi connectivity index (χ0) is 10.6. The van der Waals surface area contributed by atoms with Gasteiger partial charge in [-0.1, -0.05) is 15.9 Å². The van der Waals surface area contributed by atoms with Crippen LogP contribution < -0.4 is 0 Å². The fourth-order valence-corrected chi connectivity index (χ4v) is 2.05. The highest BCUT2D eigenvalue weighted by molar-refractivity contribution is 9.09. The van der Waals surface area contributed by atoms with Crippen molar-refractivity contribution in [3.8, 4) is 6.07 Å². The summed E-state index contributed by atoms with van der Waals surface area (Å²) in [4.78, 5) is 4.16. The van der Waals surface area contributed by atoms with Crippen LogP contribution in [0.25, 0.3) is 0 Å². The number of alkyl halides is 1. The Hall–Kier alpha value is -0.660. The summed E-state index contributed by atoms with van der Waals surface area (Å²) in [5, 5.41) is 9.00. The van der Waals surface area contributed by atoms with Gasteiger partial charge in [-0.15, -0.1) is 0 Å². The van der Waals surface area contributed by atoms with E-state index in [9.17, 15) is 0 Å². The molecule has 1 heterocycles. The van der Waals surface area contributed by atoms with Crippen molar-refractivity contribution in [2.75, 3.05) is 6.61 Å². The average Bonchev–Trinajstić information content (AvgIpc) is 2.18. The number of nitriles is 1. The molecule has 3 unspecified atom stereocenters. The minimum atomic E-state index is -0.627. The van der Waals surface area contributed by atoms with Gasteiger partial charge in [-0.2, -0.15) is 5.26 Å². The second kappa shape index (κ2) is 4.72. The van der Waals surface area contributed by atoms with Crippen molar-refractivity contribution in [1.29, 1.82) is 5.26 Å². The van der Waals surface area contributed by atoms with Crippen LogP contribution in [0.2, 0.25) is 0 Å². The maximum absolute atomic E-state index is 9.00. The van der Waals surface area contributed by atoms with E-state index in [0.717, 1.165) is 0 Å². The molecule has 0 aromatic heterocycles. The van der Waals surface area contributed by atoms with E-state index in [1.165, 1.54) is 0 Å². The van der Waals surface area contributed by atoms with Gasteiger partial charge in [0.05, 0.1) is 6.07 Å². The predicted octanol–water partition coefficient (Wildman–Crippen LogP) is 2.08. The van der Waals surface area contributed by atoms with Gasteiger partial charge in [0.15, 0.2) is 6.04 Å². The molecule has 3 nitrogen and oxygen atoms in total. The lowest BCUT2D eigenvalue weighted by Crippen LogP contribution is -2.49. The monoisotopic (exact) mass is 256 g/mol. The maximum Gasteiger partial charge on any atom is 0.169 e. The van der Waals surface area contributed by atoms with Crippen molar-refractivity contribution >= 4 is 22.1 Å². The van der Waals surface area contributed by atoms with Crippen LogP contribution in [0.15, 0.2) is 17.1 Å². The van der Waals surface area contributed by atoms with Crippen LogP contribution in [-0.4, -0.2) is 29.3 Å². The molecule has 0 saturated heterocycles. The summed E-state index contributed by atoms with van der Waals surface area (Å²) in [5.41, 5.74) is -0.627. The Balaban J connectivity index is 3.01. The van der Waals surface area contributed by atoms with Crippen molar-refractivity contribution < 1.29 is 4.74 Å². The van der Waals surface area contributed by atoms with Gasteiger partial charge in [-0.25, -0.2) is 0 Å². The van der Waals surface area contributed by atoms with Crippen molar-refractivity contribution in [3.05, 3.63) is 12.2 Å². The summed E-state index contributed by atoms with van der Waals surface area (Å²) in [6.07, 6.45) is 5.36. The Morgan fingerprint density at radius 2 is 2.50 bits per heavy atom. The van der Waals surface area contributed by atoms with Gasteiger partial charge in [0.1, 0.15) is 5.60 Å². The molecular formula is C10H13BrN2O. The van der Waals surface area contributed by atoms with Crippen LogP contribution in [0.1, 0.15) is 13.8 Å². The predicted molar refractivity (Wildman–Crippen MR) is 59.8 cm³/mol. The van der Waals surface area contributed by atoms with Crippen LogP contribution in [0.5, 0.6) is 0 Å². The van der Waals surface area contributed by atoms with Crippen LogP contribution in [0.3, 0.4) is 0 Å². The first-order valence-corrected chi connectivity index (χ1v) is 5.47. The Labute approximate surface area is 92.6 Å². The van der Waals surface area contributed by atoms with Crippen molar-refractivity contribution in [2.24, 2.45) is 4.99 Å². The molecule has 0 saturated carbocycles. The van der Waals surface area contributed by atoms with E-state index in [1.54, 1.807) is 6.21 Å². The van der Waals surface area contributed by atoms with E-state index in [2.05, 4.69) is 27.0 Å². The first-order valence-electron chi connectivity index (χ1n) is 4.56. The smallest absolute Gasteiger partial charge is 0.169 e. The molecule has 0 fully saturated rings. The molecule has 0 spiro atoms. The summed E-state index contributed by atoms with van der Waals surface area (Å²) in [7, 11) is 0. The molecule has 1 aliphatic heterocycles. The molecule has 0 bridgehead atoms. The van der Waals surface area contributed by atoms with E-state index in [4.69, 9.17) is 10.00 Å². The molecule has 76 valence electrons. The third-order valence-electron chi connectivity index (χ3n) is 2.24. The SMILES string of the molecule is CCOC1(C(C)Br)C=CC=NC1C#N. The molecule has 0 N–H and O–H groups in total. The molecule has 0 amide bonds. The van der Waals surface area contributed by atoms with Gasteiger partial charge < -0.3 is 4.74 Å². The fraction of sp³-hybridized carbons (Fsp3) is 0.600. The molecule has 1 aliphatic rings. The lowest BCUT2D eigenvalue weighted by Gasteiger charge is -2.36. The molecule has 0 radical (unpaired) electrons. The summed E-state index contributed by atoms with van der Waals surface area (Å²) >= 11 is 3.47. The van der Waals surface area contributed by atoms with Crippen molar-refractivity contribution in [3.63, 3.8) is 0 Å². The largest absolute Gasteiger partial charge is 0.367 e. The number of ether oxygens (including phenoxy) is 1. The summed E-state index contributed by atoms with van der Waals surface area (Å²) in [6.45, 7) is 4.44. The lowest BCUT2D eigenvalue weighted by molar-refractivity contribution is -0.00543. The average molecular weight is 257 g/mol. The van der Waals surface area contributed by atoms with E-state index >= 15 is 0 Å². The third-order valence-corrected chi connectivity index (χ3v) is 2.96. The number of dihydropyridines is 1. The quantitative estimate of drug-likeness (QED) is 0.726.